The molecule has 0 saturated heterocycles. The van der Waals surface area contributed by atoms with E-state index in [0.717, 1.165) is 0 Å². The van der Waals surface area contributed by atoms with Crippen molar-refractivity contribution in [3.05, 3.63) is 53.9 Å². The number of aromatic nitrogens is 1. The molecule has 0 saturated carbocycles. The van der Waals surface area contributed by atoms with Gasteiger partial charge in [-0.15, -0.1) is 0 Å². The summed E-state index contributed by atoms with van der Waals surface area (Å²) in [5, 5.41) is 9.09. The minimum atomic E-state index is -0.644. The second kappa shape index (κ2) is 4.37. The maximum absolute atomic E-state index is 12.8. The first-order valence-corrected chi connectivity index (χ1v) is 4.72. The van der Waals surface area contributed by atoms with E-state index < -0.39 is 5.95 Å². The summed E-state index contributed by atoms with van der Waals surface area (Å²) in [5.74, 6) is -0.987. The fraction of sp³-hybridized carbons (Fsp3) is 0.0833. The van der Waals surface area contributed by atoms with Gasteiger partial charge in [-0.2, -0.15) is 4.39 Å². The third kappa shape index (κ3) is 2.06. The minimum Gasteiger partial charge on any atom is -0.392 e. The molecule has 16 heavy (non-hydrogen) atoms. The smallest absolute Gasteiger partial charge is 0.213 e. The SMILES string of the molecule is OCc1cc(F)ncc1-c1ccc(F)cc1. The van der Waals surface area contributed by atoms with Crippen molar-refractivity contribution in [1.82, 2.24) is 4.98 Å². The Hall–Kier alpha value is -1.81. The topological polar surface area (TPSA) is 33.1 Å². The second-order valence-corrected chi connectivity index (χ2v) is 3.33. The zero-order valence-corrected chi connectivity index (χ0v) is 8.32. The molecule has 1 N–H and O–H groups in total. The number of hydrogen-bond acceptors (Lipinski definition) is 2. The summed E-state index contributed by atoms with van der Waals surface area (Å²) < 4.78 is 25.6. The van der Waals surface area contributed by atoms with Gasteiger partial charge in [-0.1, -0.05) is 12.1 Å². The van der Waals surface area contributed by atoms with Crippen LogP contribution < -0.4 is 0 Å². The first-order valence-electron chi connectivity index (χ1n) is 4.72. The Labute approximate surface area is 91.2 Å². The maximum Gasteiger partial charge on any atom is 0.213 e. The van der Waals surface area contributed by atoms with Crippen LogP contribution in [0.15, 0.2) is 36.5 Å². The first-order chi connectivity index (χ1) is 7.70. The van der Waals surface area contributed by atoms with E-state index in [0.29, 0.717) is 16.7 Å². The van der Waals surface area contributed by atoms with Gasteiger partial charge < -0.3 is 5.11 Å². The van der Waals surface area contributed by atoms with Crippen LogP contribution in [-0.2, 0) is 6.61 Å². The molecule has 2 nitrogen and oxygen atoms in total. The number of halogens is 2. The number of hydrogen-bond donors (Lipinski definition) is 1. The number of benzene rings is 1. The highest BCUT2D eigenvalue weighted by atomic mass is 19.1. The molecular formula is C12H9F2NO. The summed E-state index contributed by atoms with van der Waals surface area (Å²) in [5.41, 5.74) is 1.72. The summed E-state index contributed by atoms with van der Waals surface area (Å²) in [6.07, 6.45) is 1.33. The first kappa shape index (κ1) is 10.7. The van der Waals surface area contributed by atoms with E-state index >= 15 is 0 Å². The van der Waals surface area contributed by atoms with Gasteiger partial charge in [-0.3, -0.25) is 0 Å². The largest absolute Gasteiger partial charge is 0.392 e. The van der Waals surface area contributed by atoms with Crippen LogP contribution in [0.25, 0.3) is 11.1 Å². The summed E-state index contributed by atoms with van der Waals surface area (Å²) in [4.78, 5) is 3.52. The van der Waals surface area contributed by atoms with Crippen LogP contribution in [0.3, 0.4) is 0 Å². The molecule has 1 heterocycles. The van der Waals surface area contributed by atoms with Crippen LogP contribution in [0.1, 0.15) is 5.56 Å². The standard InChI is InChI=1S/C12H9F2NO/c13-10-3-1-8(2-4-10)11-6-15-12(14)5-9(11)7-16/h1-6,16H,7H2. The van der Waals surface area contributed by atoms with Gasteiger partial charge in [0.25, 0.3) is 0 Å². The fourth-order valence-electron chi connectivity index (χ4n) is 1.49. The van der Waals surface area contributed by atoms with E-state index in [1.165, 1.54) is 24.4 Å². The van der Waals surface area contributed by atoms with Gasteiger partial charge in [-0.05, 0) is 29.3 Å². The number of pyridine rings is 1. The van der Waals surface area contributed by atoms with Gasteiger partial charge in [0.15, 0.2) is 0 Å². The third-order valence-electron chi connectivity index (χ3n) is 2.28. The molecule has 0 radical (unpaired) electrons. The second-order valence-electron chi connectivity index (χ2n) is 3.33. The number of aliphatic hydroxyl groups is 1. The Bertz CT molecular complexity index is 497. The van der Waals surface area contributed by atoms with Crippen molar-refractivity contribution in [2.24, 2.45) is 0 Å². The molecule has 1 aromatic carbocycles. The Morgan fingerprint density at radius 3 is 2.44 bits per heavy atom. The van der Waals surface area contributed by atoms with Crippen molar-refractivity contribution in [3.8, 4) is 11.1 Å². The van der Waals surface area contributed by atoms with Crippen molar-refractivity contribution in [1.29, 1.82) is 0 Å². The van der Waals surface area contributed by atoms with Crippen molar-refractivity contribution in [2.45, 2.75) is 6.61 Å². The van der Waals surface area contributed by atoms with Crippen LogP contribution >= 0.6 is 0 Å². The molecule has 0 aliphatic carbocycles. The molecule has 2 rings (SSSR count). The van der Waals surface area contributed by atoms with Gasteiger partial charge in [0.1, 0.15) is 5.82 Å². The highest BCUT2D eigenvalue weighted by Crippen LogP contribution is 2.23. The van der Waals surface area contributed by atoms with Gasteiger partial charge in [0, 0.05) is 11.8 Å². The highest BCUT2D eigenvalue weighted by molar-refractivity contribution is 5.66. The monoisotopic (exact) mass is 221 g/mol. The molecule has 0 amide bonds. The summed E-state index contributed by atoms with van der Waals surface area (Å²) in [7, 11) is 0. The van der Waals surface area contributed by atoms with Gasteiger partial charge in [-0.25, -0.2) is 9.37 Å². The Balaban J connectivity index is 2.51. The molecule has 4 heteroatoms. The molecule has 0 aliphatic heterocycles. The summed E-state index contributed by atoms with van der Waals surface area (Å²) >= 11 is 0. The molecule has 0 unspecified atom stereocenters. The van der Waals surface area contributed by atoms with Crippen molar-refractivity contribution >= 4 is 0 Å². The maximum atomic E-state index is 12.8. The Morgan fingerprint density at radius 2 is 1.81 bits per heavy atom. The lowest BCUT2D eigenvalue weighted by Crippen LogP contribution is -1.94. The van der Waals surface area contributed by atoms with Crippen LogP contribution in [0.5, 0.6) is 0 Å². The molecule has 82 valence electrons. The van der Waals surface area contributed by atoms with Crippen molar-refractivity contribution in [2.75, 3.05) is 0 Å². The molecule has 0 aliphatic rings. The normalized spacial score (nSPS) is 10.4. The predicted molar refractivity (Wildman–Crippen MR) is 55.5 cm³/mol. The van der Waals surface area contributed by atoms with Crippen molar-refractivity contribution in [3.63, 3.8) is 0 Å². The number of rotatable bonds is 2. The summed E-state index contributed by atoms with van der Waals surface area (Å²) in [6.45, 7) is -0.286. The molecule has 0 bridgehead atoms. The van der Waals surface area contributed by atoms with Gasteiger partial charge in [0.05, 0.1) is 6.61 Å². The fourth-order valence-corrected chi connectivity index (χ4v) is 1.49. The predicted octanol–water partition coefficient (Wildman–Crippen LogP) is 2.52. The van der Waals surface area contributed by atoms with Crippen molar-refractivity contribution < 1.29 is 13.9 Å². The van der Waals surface area contributed by atoms with E-state index in [-0.39, 0.29) is 12.4 Å². The molecular weight excluding hydrogens is 212 g/mol. The lowest BCUT2D eigenvalue weighted by atomic mass is 10.0. The van der Waals surface area contributed by atoms with Crippen LogP contribution in [0.2, 0.25) is 0 Å². The summed E-state index contributed by atoms with van der Waals surface area (Å²) in [6, 6.07) is 6.89. The third-order valence-corrected chi connectivity index (χ3v) is 2.28. The Morgan fingerprint density at radius 1 is 1.12 bits per heavy atom. The molecule has 1 aromatic heterocycles. The molecule has 0 atom stereocenters. The lowest BCUT2D eigenvalue weighted by molar-refractivity contribution is 0.281. The molecule has 2 aromatic rings. The zero-order valence-electron chi connectivity index (χ0n) is 8.32. The van der Waals surface area contributed by atoms with Crippen LogP contribution in [-0.4, -0.2) is 10.1 Å². The Kier molecular flexibility index (Phi) is 2.92. The lowest BCUT2D eigenvalue weighted by Gasteiger charge is -2.06. The minimum absolute atomic E-state index is 0.286. The molecule has 0 spiro atoms. The van der Waals surface area contributed by atoms with E-state index in [9.17, 15) is 8.78 Å². The van der Waals surface area contributed by atoms with Gasteiger partial charge in [0.2, 0.25) is 5.95 Å². The number of nitrogens with zero attached hydrogens (tertiary/aromatic N) is 1. The average molecular weight is 221 g/mol. The van der Waals surface area contributed by atoms with Gasteiger partial charge >= 0.3 is 0 Å². The molecule has 0 fully saturated rings. The van der Waals surface area contributed by atoms with E-state index in [4.69, 9.17) is 5.11 Å². The quantitative estimate of drug-likeness (QED) is 0.790. The van der Waals surface area contributed by atoms with Crippen LogP contribution in [0, 0.1) is 11.8 Å². The number of aliphatic hydroxyl groups excluding tert-OH is 1. The zero-order chi connectivity index (χ0) is 11.5. The average Bonchev–Trinajstić information content (AvgIpc) is 2.30. The highest BCUT2D eigenvalue weighted by Gasteiger charge is 2.06. The van der Waals surface area contributed by atoms with E-state index in [1.54, 1.807) is 12.1 Å². The van der Waals surface area contributed by atoms with E-state index in [2.05, 4.69) is 4.98 Å². The van der Waals surface area contributed by atoms with Crippen LogP contribution in [0.4, 0.5) is 8.78 Å². The van der Waals surface area contributed by atoms with E-state index in [1.807, 2.05) is 0 Å².